The fourth-order valence-corrected chi connectivity index (χ4v) is 4.69. The first-order valence-electron chi connectivity index (χ1n) is 10.5. The van der Waals surface area contributed by atoms with Gasteiger partial charge in [0.25, 0.3) is 0 Å². The van der Waals surface area contributed by atoms with Crippen LogP contribution in [0.2, 0.25) is 0 Å². The number of ether oxygens (including phenoxy) is 1. The number of hydrogen-bond acceptors (Lipinski definition) is 4. The zero-order chi connectivity index (χ0) is 23.0. The van der Waals surface area contributed by atoms with Crippen LogP contribution in [0.3, 0.4) is 0 Å². The van der Waals surface area contributed by atoms with Crippen molar-refractivity contribution in [2.45, 2.75) is 31.3 Å². The lowest BCUT2D eigenvalue weighted by Gasteiger charge is -2.23. The van der Waals surface area contributed by atoms with Crippen molar-refractivity contribution in [2.24, 2.45) is 0 Å². The zero-order valence-electron chi connectivity index (χ0n) is 18.3. The highest BCUT2D eigenvalue weighted by Crippen LogP contribution is 2.22. The molecule has 1 N–H and O–H groups in total. The van der Waals surface area contributed by atoms with Crippen LogP contribution in [0.1, 0.15) is 31.0 Å². The van der Waals surface area contributed by atoms with Gasteiger partial charge in [-0.1, -0.05) is 60.7 Å². The molecule has 0 unspecified atom stereocenters. The van der Waals surface area contributed by atoms with Gasteiger partial charge < -0.3 is 10.1 Å². The molecule has 7 heteroatoms. The SMILES string of the molecule is CCOc1ccc(S(=O)(=O)N(CC(=O)N[C@H](C)c2ccccc2)Cc2ccccc2)cc1. The Morgan fingerprint density at radius 3 is 2.12 bits per heavy atom. The quantitative estimate of drug-likeness (QED) is 0.501. The van der Waals surface area contributed by atoms with Gasteiger partial charge in [0.2, 0.25) is 15.9 Å². The van der Waals surface area contributed by atoms with Crippen molar-refractivity contribution < 1.29 is 17.9 Å². The van der Waals surface area contributed by atoms with E-state index in [4.69, 9.17) is 4.74 Å². The number of amides is 1. The van der Waals surface area contributed by atoms with Gasteiger partial charge in [-0.3, -0.25) is 4.79 Å². The summed E-state index contributed by atoms with van der Waals surface area (Å²) in [4.78, 5) is 12.9. The molecule has 6 nitrogen and oxygen atoms in total. The number of rotatable bonds is 10. The Kier molecular flexibility index (Phi) is 8.03. The maximum absolute atomic E-state index is 13.4. The third-order valence-electron chi connectivity index (χ3n) is 4.97. The van der Waals surface area contributed by atoms with Gasteiger partial charge in [0.15, 0.2) is 0 Å². The van der Waals surface area contributed by atoms with Crippen LogP contribution in [0.15, 0.2) is 89.8 Å². The third kappa shape index (κ3) is 6.18. The van der Waals surface area contributed by atoms with E-state index in [1.54, 1.807) is 12.1 Å². The van der Waals surface area contributed by atoms with Gasteiger partial charge in [0.05, 0.1) is 24.1 Å². The number of carbonyl (C=O) groups excluding carboxylic acids is 1. The molecule has 1 atom stereocenters. The molecule has 0 aromatic heterocycles. The number of nitrogens with zero attached hydrogens (tertiary/aromatic N) is 1. The van der Waals surface area contributed by atoms with E-state index in [-0.39, 0.29) is 29.9 Å². The van der Waals surface area contributed by atoms with Gasteiger partial charge >= 0.3 is 0 Å². The molecule has 0 fully saturated rings. The summed E-state index contributed by atoms with van der Waals surface area (Å²) in [5, 5.41) is 2.90. The minimum Gasteiger partial charge on any atom is -0.494 e. The Morgan fingerprint density at radius 1 is 0.938 bits per heavy atom. The Bertz CT molecular complexity index is 1100. The maximum Gasteiger partial charge on any atom is 0.243 e. The molecule has 32 heavy (non-hydrogen) atoms. The summed E-state index contributed by atoms with van der Waals surface area (Å²) in [5.41, 5.74) is 1.75. The Morgan fingerprint density at radius 2 is 1.53 bits per heavy atom. The van der Waals surface area contributed by atoms with E-state index in [2.05, 4.69) is 5.32 Å². The van der Waals surface area contributed by atoms with E-state index in [1.165, 1.54) is 16.4 Å². The fraction of sp³-hybridized carbons (Fsp3) is 0.240. The van der Waals surface area contributed by atoms with Crippen LogP contribution in [0.5, 0.6) is 5.75 Å². The van der Waals surface area contributed by atoms with E-state index in [9.17, 15) is 13.2 Å². The molecule has 3 aromatic rings. The summed E-state index contributed by atoms with van der Waals surface area (Å²) in [6.45, 7) is 4.02. The molecule has 0 bridgehead atoms. The van der Waals surface area contributed by atoms with E-state index < -0.39 is 10.0 Å². The Labute approximate surface area is 189 Å². The summed E-state index contributed by atoms with van der Waals surface area (Å²) in [7, 11) is -3.91. The molecular formula is C25H28N2O4S. The predicted molar refractivity (Wildman–Crippen MR) is 125 cm³/mol. The van der Waals surface area contributed by atoms with Crippen molar-refractivity contribution in [1.82, 2.24) is 9.62 Å². The van der Waals surface area contributed by atoms with Crippen molar-refractivity contribution in [3.05, 3.63) is 96.1 Å². The number of nitrogens with one attached hydrogen (secondary N) is 1. The highest BCUT2D eigenvalue weighted by Gasteiger charge is 2.27. The van der Waals surface area contributed by atoms with Crippen molar-refractivity contribution in [2.75, 3.05) is 13.2 Å². The zero-order valence-corrected chi connectivity index (χ0v) is 19.1. The molecule has 0 radical (unpaired) electrons. The number of hydrogen-bond donors (Lipinski definition) is 1. The van der Waals surface area contributed by atoms with E-state index in [0.29, 0.717) is 12.4 Å². The topological polar surface area (TPSA) is 75.7 Å². The predicted octanol–water partition coefficient (Wildman–Crippen LogP) is 4.15. The lowest BCUT2D eigenvalue weighted by Crippen LogP contribution is -2.41. The average Bonchev–Trinajstić information content (AvgIpc) is 2.80. The lowest BCUT2D eigenvalue weighted by atomic mass is 10.1. The Hall–Kier alpha value is -3.16. The molecule has 0 aliphatic heterocycles. The maximum atomic E-state index is 13.4. The first kappa shape index (κ1) is 23.5. The molecule has 0 heterocycles. The van der Waals surface area contributed by atoms with E-state index in [0.717, 1.165) is 11.1 Å². The molecule has 3 rings (SSSR count). The van der Waals surface area contributed by atoms with Crippen LogP contribution in [0, 0.1) is 0 Å². The molecule has 0 saturated heterocycles. The highest BCUT2D eigenvalue weighted by molar-refractivity contribution is 7.89. The Balaban J connectivity index is 1.81. The summed E-state index contributed by atoms with van der Waals surface area (Å²) in [6.07, 6.45) is 0. The van der Waals surface area contributed by atoms with Crippen LogP contribution < -0.4 is 10.1 Å². The van der Waals surface area contributed by atoms with Gasteiger partial charge in [-0.15, -0.1) is 0 Å². The first-order valence-corrected chi connectivity index (χ1v) is 12.0. The van der Waals surface area contributed by atoms with Crippen LogP contribution >= 0.6 is 0 Å². The van der Waals surface area contributed by atoms with Crippen LogP contribution in [-0.4, -0.2) is 31.8 Å². The number of sulfonamides is 1. The van der Waals surface area contributed by atoms with Crippen molar-refractivity contribution in [1.29, 1.82) is 0 Å². The molecule has 0 aliphatic rings. The van der Waals surface area contributed by atoms with Crippen LogP contribution in [-0.2, 0) is 21.4 Å². The van der Waals surface area contributed by atoms with Gasteiger partial charge in [0.1, 0.15) is 5.75 Å². The summed E-state index contributed by atoms with van der Waals surface area (Å²) in [5.74, 6) is 0.224. The number of benzene rings is 3. The van der Waals surface area contributed by atoms with Gasteiger partial charge in [-0.05, 0) is 49.2 Å². The summed E-state index contributed by atoms with van der Waals surface area (Å²) >= 11 is 0. The fourth-order valence-electron chi connectivity index (χ4n) is 3.31. The average molecular weight is 453 g/mol. The molecule has 0 aliphatic carbocycles. The monoisotopic (exact) mass is 452 g/mol. The second kappa shape index (κ2) is 10.9. The molecular weight excluding hydrogens is 424 g/mol. The van der Waals surface area contributed by atoms with E-state index >= 15 is 0 Å². The largest absolute Gasteiger partial charge is 0.494 e. The highest BCUT2D eigenvalue weighted by atomic mass is 32.2. The first-order chi connectivity index (χ1) is 15.4. The number of carbonyl (C=O) groups is 1. The van der Waals surface area contributed by atoms with Crippen molar-refractivity contribution in [3.63, 3.8) is 0 Å². The summed E-state index contributed by atoms with van der Waals surface area (Å²) in [6, 6.07) is 24.8. The van der Waals surface area contributed by atoms with Gasteiger partial charge in [-0.2, -0.15) is 4.31 Å². The third-order valence-corrected chi connectivity index (χ3v) is 6.78. The summed E-state index contributed by atoms with van der Waals surface area (Å²) < 4.78 is 33.4. The van der Waals surface area contributed by atoms with Crippen molar-refractivity contribution in [3.8, 4) is 5.75 Å². The second-order valence-electron chi connectivity index (χ2n) is 7.36. The van der Waals surface area contributed by atoms with Gasteiger partial charge in [-0.25, -0.2) is 8.42 Å². The molecule has 1 amide bonds. The lowest BCUT2D eigenvalue weighted by molar-refractivity contribution is -0.122. The van der Waals surface area contributed by atoms with Gasteiger partial charge in [0, 0.05) is 6.54 Å². The normalized spacial score (nSPS) is 12.3. The minimum absolute atomic E-state index is 0.0868. The smallest absolute Gasteiger partial charge is 0.243 e. The minimum atomic E-state index is -3.91. The molecule has 168 valence electrons. The molecule has 3 aromatic carbocycles. The standard InChI is InChI=1S/C25H28N2O4S/c1-3-31-23-14-16-24(17-15-23)32(29,30)27(18-21-10-6-4-7-11-21)19-25(28)26-20(2)22-12-8-5-9-13-22/h4-17,20H,3,18-19H2,1-2H3,(H,26,28)/t20-/m1/s1. The van der Waals surface area contributed by atoms with Crippen LogP contribution in [0.25, 0.3) is 0 Å². The second-order valence-corrected chi connectivity index (χ2v) is 9.30. The van der Waals surface area contributed by atoms with E-state index in [1.807, 2.05) is 74.5 Å². The molecule has 0 saturated carbocycles. The molecule has 0 spiro atoms. The van der Waals surface area contributed by atoms with Crippen LogP contribution in [0.4, 0.5) is 0 Å². The van der Waals surface area contributed by atoms with Crippen molar-refractivity contribution >= 4 is 15.9 Å².